The molecule has 8 nitrogen and oxygen atoms in total. The zero-order chi connectivity index (χ0) is 26.9. The summed E-state index contributed by atoms with van der Waals surface area (Å²) in [5.74, 6) is -4.61. The van der Waals surface area contributed by atoms with Crippen LogP contribution in [0, 0.1) is 42.1 Å². The van der Waals surface area contributed by atoms with Gasteiger partial charge in [0.25, 0.3) is 0 Å². The van der Waals surface area contributed by atoms with E-state index in [-0.39, 0.29) is 41.6 Å². The Morgan fingerprint density at radius 1 is 1.05 bits per heavy atom. The van der Waals surface area contributed by atoms with Gasteiger partial charge in [0.05, 0.1) is 0 Å². The van der Waals surface area contributed by atoms with Crippen molar-refractivity contribution in [2.24, 2.45) is 17.8 Å². The number of piperidine rings is 1. The summed E-state index contributed by atoms with van der Waals surface area (Å²) >= 11 is 0. The van der Waals surface area contributed by atoms with Crippen LogP contribution >= 0.6 is 0 Å². The quantitative estimate of drug-likeness (QED) is 0.368. The third-order valence-electron chi connectivity index (χ3n) is 8.15. The second kappa shape index (κ2) is 8.87. The Bertz CT molecular complexity index is 1360. The highest BCUT2D eigenvalue weighted by Crippen LogP contribution is 2.46. The van der Waals surface area contributed by atoms with Crippen LogP contribution in [0.1, 0.15) is 55.4 Å². The largest absolute Gasteiger partial charge is 0.410 e. The van der Waals surface area contributed by atoms with Crippen molar-refractivity contribution < 1.29 is 30.8 Å². The van der Waals surface area contributed by atoms with Gasteiger partial charge in [-0.25, -0.2) is 17.9 Å². The number of halogens is 6. The van der Waals surface area contributed by atoms with Gasteiger partial charge in [-0.1, -0.05) is 18.1 Å². The molecule has 1 saturated heterocycles. The van der Waals surface area contributed by atoms with Crippen molar-refractivity contribution in [3.05, 3.63) is 46.9 Å². The molecule has 4 heterocycles. The Morgan fingerprint density at radius 2 is 1.84 bits per heavy atom. The number of aromatic nitrogens is 5. The van der Waals surface area contributed by atoms with E-state index in [1.807, 2.05) is 4.90 Å². The van der Waals surface area contributed by atoms with Crippen LogP contribution in [0.2, 0.25) is 0 Å². The highest BCUT2D eigenvalue weighted by molar-refractivity contribution is 5.37. The third kappa shape index (κ3) is 4.08. The number of rotatable bonds is 4. The molecule has 3 unspecified atom stereocenters. The Balaban J connectivity index is 1.31. The molecule has 2 aromatic heterocycles. The lowest BCUT2D eigenvalue weighted by Crippen LogP contribution is -2.49. The minimum absolute atomic E-state index is 0.000302. The second-order valence-electron chi connectivity index (χ2n) is 10.5. The van der Waals surface area contributed by atoms with Gasteiger partial charge < -0.3 is 14.6 Å². The predicted molar refractivity (Wildman–Crippen MR) is 122 cm³/mol. The maximum Gasteiger partial charge on any atom is 0.410 e. The molecule has 1 N–H and O–H groups in total. The summed E-state index contributed by atoms with van der Waals surface area (Å²) in [6.45, 7) is 5.05. The molecule has 3 aliphatic rings. The molecule has 1 aromatic carbocycles. The number of anilines is 2. The van der Waals surface area contributed by atoms with Gasteiger partial charge in [-0.15, -0.1) is 10.2 Å². The number of nitrogens with zero attached hydrogens (tertiary/aromatic N) is 6. The molecule has 2 fully saturated rings. The fourth-order valence-corrected chi connectivity index (χ4v) is 6.39. The molecular weight excluding hydrogens is 516 g/mol. The van der Waals surface area contributed by atoms with Crippen LogP contribution < -0.4 is 10.2 Å². The number of alkyl halides is 3. The standard InChI is InChI=1S/C24H25F6N7O/c1-10-7-12-8-36(23-34-33-11(2)38-23)9-15(10)20(12)31-22-32-21-14(13-3-5-16(25)19(27)18(13)26)4-6-17(24(28,29)30)37(21)35-22/h3,5,10,12,14-15,17,20H,4,6-9H2,1-2H3,(H,31,35)/t10?,12-,14?,15-,17?,20-/m0/s1. The SMILES string of the molecule is Cc1nnc(N2C[C@@H]3CC(C)[C@H](C2)[C@H]3Nc2nc3n(n2)C(C(F)(F)F)CCC3c2ccc(F)c(F)c2F)o1. The number of benzene rings is 1. The van der Waals surface area contributed by atoms with Crippen LogP contribution in [-0.4, -0.2) is 50.3 Å². The Labute approximate surface area is 213 Å². The number of fused-ring (bicyclic) bond motifs is 3. The molecule has 3 aromatic rings. The molecule has 1 saturated carbocycles. The topological polar surface area (TPSA) is 84.9 Å². The molecule has 0 spiro atoms. The first kappa shape index (κ1) is 25.0. The van der Waals surface area contributed by atoms with E-state index >= 15 is 0 Å². The van der Waals surface area contributed by atoms with E-state index < -0.39 is 42.0 Å². The normalized spacial score (nSPS) is 29.0. The minimum Gasteiger partial charge on any atom is -0.408 e. The van der Waals surface area contributed by atoms with Crippen molar-refractivity contribution in [1.29, 1.82) is 0 Å². The van der Waals surface area contributed by atoms with Crippen molar-refractivity contribution in [2.45, 2.75) is 57.3 Å². The molecule has 2 aliphatic heterocycles. The average molecular weight is 542 g/mol. The van der Waals surface area contributed by atoms with Crippen molar-refractivity contribution >= 4 is 12.0 Å². The minimum atomic E-state index is -4.61. The lowest BCUT2D eigenvalue weighted by molar-refractivity contribution is -0.175. The number of aryl methyl sites for hydroxylation is 1. The van der Waals surface area contributed by atoms with Gasteiger partial charge in [-0.3, -0.25) is 0 Å². The third-order valence-corrected chi connectivity index (χ3v) is 8.15. The highest BCUT2D eigenvalue weighted by atomic mass is 19.4. The van der Waals surface area contributed by atoms with Gasteiger partial charge >= 0.3 is 12.2 Å². The first-order valence-electron chi connectivity index (χ1n) is 12.5. The van der Waals surface area contributed by atoms with Crippen LogP contribution in [0.25, 0.3) is 0 Å². The van der Waals surface area contributed by atoms with Gasteiger partial charge in [-0.05, 0) is 43.1 Å². The van der Waals surface area contributed by atoms with Crippen LogP contribution in [0.4, 0.5) is 38.3 Å². The summed E-state index contributed by atoms with van der Waals surface area (Å²) in [6, 6.07) is 0.183. The molecule has 6 atom stereocenters. The first-order chi connectivity index (χ1) is 18.0. The maximum atomic E-state index is 14.7. The molecule has 0 radical (unpaired) electrons. The summed E-state index contributed by atoms with van der Waals surface area (Å²) < 4.78 is 90.2. The zero-order valence-corrected chi connectivity index (χ0v) is 20.5. The van der Waals surface area contributed by atoms with Gasteiger partial charge in [-0.2, -0.15) is 18.2 Å². The fourth-order valence-electron chi connectivity index (χ4n) is 6.39. The highest BCUT2D eigenvalue weighted by Gasteiger charge is 2.50. The summed E-state index contributed by atoms with van der Waals surface area (Å²) in [6.07, 6.45) is -4.27. The number of nitrogens with one attached hydrogen (secondary N) is 1. The molecule has 204 valence electrons. The monoisotopic (exact) mass is 541 g/mol. The van der Waals surface area contributed by atoms with E-state index in [2.05, 4.69) is 32.5 Å². The van der Waals surface area contributed by atoms with Crippen LogP contribution in [0.3, 0.4) is 0 Å². The molecule has 38 heavy (non-hydrogen) atoms. The molecule has 1 aliphatic carbocycles. The van der Waals surface area contributed by atoms with E-state index in [0.717, 1.165) is 23.2 Å². The molecular formula is C24H25F6N7O. The number of hydrogen-bond acceptors (Lipinski definition) is 7. The Kier molecular flexibility index (Phi) is 5.83. The smallest absolute Gasteiger partial charge is 0.408 e. The lowest BCUT2D eigenvalue weighted by Gasteiger charge is -2.37. The van der Waals surface area contributed by atoms with Crippen molar-refractivity contribution in [3.63, 3.8) is 0 Å². The van der Waals surface area contributed by atoms with Crippen LogP contribution in [0.15, 0.2) is 16.5 Å². The van der Waals surface area contributed by atoms with E-state index in [9.17, 15) is 26.3 Å². The van der Waals surface area contributed by atoms with E-state index in [0.29, 0.717) is 30.9 Å². The van der Waals surface area contributed by atoms with E-state index in [1.165, 1.54) is 0 Å². The van der Waals surface area contributed by atoms with Crippen LogP contribution in [0.5, 0.6) is 0 Å². The average Bonchev–Trinajstić information content (AvgIpc) is 3.52. The number of hydrogen-bond donors (Lipinski definition) is 1. The van der Waals surface area contributed by atoms with Gasteiger partial charge in [0.2, 0.25) is 11.8 Å². The van der Waals surface area contributed by atoms with E-state index in [4.69, 9.17) is 4.42 Å². The Morgan fingerprint density at radius 3 is 2.53 bits per heavy atom. The van der Waals surface area contributed by atoms with E-state index in [1.54, 1.807) is 6.92 Å². The predicted octanol–water partition coefficient (Wildman–Crippen LogP) is 4.99. The van der Waals surface area contributed by atoms with Crippen molar-refractivity contribution in [3.8, 4) is 0 Å². The molecule has 0 amide bonds. The Hall–Kier alpha value is -3.32. The summed E-state index contributed by atoms with van der Waals surface area (Å²) in [5.41, 5.74) is -0.249. The van der Waals surface area contributed by atoms with Crippen molar-refractivity contribution in [1.82, 2.24) is 25.0 Å². The maximum absolute atomic E-state index is 14.7. The summed E-state index contributed by atoms with van der Waals surface area (Å²) in [4.78, 5) is 6.38. The molecule has 2 bridgehead atoms. The van der Waals surface area contributed by atoms with Gasteiger partial charge in [0, 0.05) is 37.5 Å². The molecule has 14 heteroatoms. The summed E-state index contributed by atoms with van der Waals surface area (Å²) in [7, 11) is 0. The van der Waals surface area contributed by atoms with Crippen LogP contribution in [-0.2, 0) is 0 Å². The summed E-state index contributed by atoms with van der Waals surface area (Å²) in [5, 5.41) is 15.4. The second-order valence-corrected chi connectivity index (χ2v) is 10.5. The first-order valence-corrected chi connectivity index (χ1v) is 12.5. The molecule has 6 rings (SSSR count). The van der Waals surface area contributed by atoms with Gasteiger partial charge in [0.1, 0.15) is 11.9 Å². The fraction of sp³-hybridized carbons (Fsp3) is 0.583. The van der Waals surface area contributed by atoms with Crippen molar-refractivity contribution in [2.75, 3.05) is 23.3 Å². The lowest BCUT2D eigenvalue weighted by atomic mass is 9.88. The zero-order valence-electron chi connectivity index (χ0n) is 20.5. The van der Waals surface area contributed by atoms with Gasteiger partial charge in [0.15, 0.2) is 17.5 Å².